The lowest BCUT2D eigenvalue weighted by Crippen LogP contribution is -2.30. The third kappa shape index (κ3) is 3.74. The SMILES string of the molecule is NC(c1ccccc1)C1CCC(Oc2cc3c(cc2Cl)CNC=C3)CC1. The molecule has 0 amide bonds. The molecule has 0 bridgehead atoms. The molecule has 2 aromatic rings. The highest BCUT2D eigenvalue weighted by Gasteiger charge is 2.28. The van der Waals surface area contributed by atoms with Gasteiger partial charge in [0.1, 0.15) is 5.75 Å². The fraction of sp³-hybridized carbons (Fsp3) is 0.364. The Morgan fingerprint density at radius 2 is 1.85 bits per heavy atom. The first-order valence-electron chi connectivity index (χ1n) is 9.40. The number of ether oxygens (including phenoxy) is 1. The maximum atomic E-state index is 6.49. The normalized spacial score (nSPS) is 23.0. The van der Waals surface area contributed by atoms with Gasteiger partial charge in [-0.05, 0) is 72.7 Å². The topological polar surface area (TPSA) is 47.3 Å². The van der Waals surface area contributed by atoms with Crippen LogP contribution in [0.3, 0.4) is 0 Å². The first-order valence-corrected chi connectivity index (χ1v) is 9.78. The van der Waals surface area contributed by atoms with Gasteiger partial charge in [-0.15, -0.1) is 0 Å². The molecule has 0 radical (unpaired) electrons. The summed E-state index contributed by atoms with van der Waals surface area (Å²) in [6, 6.07) is 14.6. The molecule has 1 fully saturated rings. The fourth-order valence-electron chi connectivity index (χ4n) is 4.02. The maximum Gasteiger partial charge on any atom is 0.138 e. The molecule has 3 N–H and O–H groups in total. The van der Waals surface area contributed by atoms with Gasteiger partial charge >= 0.3 is 0 Å². The van der Waals surface area contributed by atoms with Crippen LogP contribution in [0.15, 0.2) is 48.7 Å². The summed E-state index contributed by atoms with van der Waals surface area (Å²) in [6.45, 7) is 0.814. The van der Waals surface area contributed by atoms with Crippen LogP contribution < -0.4 is 15.8 Å². The third-order valence-electron chi connectivity index (χ3n) is 5.57. The highest BCUT2D eigenvalue weighted by Crippen LogP contribution is 2.37. The number of hydrogen-bond donors (Lipinski definition) is 2. The minimum absolute atomic E-state index is 0.113. The van der Waals surface area contributed by atoms with Crippen molar-refractivity contribution in [3.05, 3.63) is 70.4 Å². The van der Waals surface area contributed by atoms with Gasteiger partial charge in [0.25, 0.3) is 0 Å². The average Bonchev–Trinajstić information content (AvgIpc) is 2.69. The molecule has 1 aliphatic heterocycles. The van der Waals surface area contributed by atoms with E-state index in [2.05, 4.69) is 41.7 Å². The number of fused-ring (bicyclic) bond motifs is 1. The van der Waals surface area contributed by atoms with Crippen molar-refractivity contribution in [2.45, 2.75) is 44.4 Å². The van der Waals surface area contributed by atoms with E-state index in [1.807, 2.05) is 18.3 Å². The van der Waals surface area contributed by atoms with E-state index in [1.165, 1.54) is 16.7 Å². The van der Waals surface area contributed by atoms with Gasteiger partial charge in [-0.2, -0.15) is 0 Å². The van der Waals surface area contributed by atoms with Crippen molar-refractivity contribution in [1.29, 1.82) is 0 Å². The monoisotopic (exact) mass is 368 g/mol. The molecule has 0 saturated heterocycles. The van der Waals surface area contributed by atoms with Gasteiger partial charge in [0.05, 0.1) is 11.1 Å². The minimum Gasteiger partial charge on any atom is -0.489 e. The highest BCUT2D eigenvalue weighted by molar-refractivity contribution is 6.32. The Morgan fingerprint density at radius 3 is 2.62 bits per heavy atom. The number of halogens is 1. The zero-order valence-electron chi connectivity index (χ0n) is 14.8. The summed E-state index contributed by atoms with van der Waals surface area (Å²) in [7, 11) is 0. The van der Waals surface area contributed by atoms with Crippen molar-refractivity contribution in [3.8, 4) is 5.75 Å². The van der Waals surface area contributed by atoms with Gasteiger partial charge in [0, 0.05) is 12.6 Å². The zero-order chi connectivity index (χ0) is 17.9. The molecule has 3 nitrogen and oxygen atoms in total. The van der Waals surface area contributed by atoms with Crippen molar-refractivity contribution >= 4 is 17.7 Å². The molecule has 0 spiro atoms. The molecule has 1 unspecified atom stereocenters. The van der Waals surface area contributed by atoms with E-state index in [0.29, 0.717) is 10.9 Å². The van der Waals surface area contributed by atoms with E-state index in [9.17, 15) is 0 Å². The van der Waals surface area contributed by atoms with Gasteiger partial charge in [-0.25, -0.2) is 0 Å². The van der Waals surface area contributed by atoms with Gasteiger partial charge in [0.2, 0.25) is 0 Å². The van der Waals surface area contributed by atoms with E-state index < -0.39 is 0 Å². The number of hydrogen-bond acceptors (Lipinski definition) is 3. The predicted molar refractivity (Wildman–Crippen MR) is 107 cm³/mol. The Labute approximate surface area is 160 Å². The van der Waals surface area contributed by atoms with Crippen molar-refractivity contribution in [2.24, 2.45) is 11.7 Å². The van der Waals surface area contributed by atoms with E-state index in [0.717, 1.165) is 38.0 Å². The van der Waals surface area contributed by atoms with Crippen LogP contribution in [0.4, 0.5) is 0 Å². The molecular formula is C22H25ClN2O. The fourth-order valence-corrected chi connectivity index (χ4v) is 4.25. The third-order valence-corrected chi connectivity index (χ3v) is 5.87. The van der Waals surface area contributed by atoms with Gasteiger partial charge in [-0.3, -0.25) is 0 Å². The number of nitrogens with two attached hydrogens (primary N) is 1. The minimum atomic E-state index is 0.113. The second-order valence-electron chi connectivity index (χ2n) is 7.29. The number of nitrogens with one attached hydrogen (secondary N) is 1. The smallest absolute Gasteiger partial charge is 0.138 e. The van der Waals surface area contributed by atoms with Crippen LogP contribution in [-0.4, -0.2) is 6.10 Å². The van der Waals surface area contributed by atoms with Crippen molar-refractivity contribution in [1.82, 2.24) is 5.32 Å². The van der Waals surface area contributed by atoms with Crippen molar-refractivity contribution < 1.29 is 4.74 Å². The first kappa shape index (κ1) is 17.4. The summed E-state index contributed by atoms with van der Waals surface area (Å²) in [5.41, 5.74) is 10.1. The van der Waals surface area contributed by atoms with Crippen molar-refractivity contribution in [3.63, 3.8) is 0 Å². The lowest BCUT2D eigenvalue weighted by atomic mass is 9.80. The Kier molecular flexibility index (Phi) is 5.18. The quantitative estimate of drug-likeness (QED) is 0.793. The molecule has 26 heavy (non-hydrogen) atoms. The largest absolute Gasteiger partial charge is 0.489 e. The van der Waals surface area contributed by atoms with Gasteiger partial charge in [0.15, 0.2) is 0 Å². The lowest BCUT2D eigenvalue weighted by Gasteiger charge is -2.33. The first-order chi connectivity index (χ1) is 12.7. The molecular weight excluding hydrogens is 344 g/mol. The summed E-state index contributed by atoms with van der Waals surface area (Å²) >= 11 is 6.44. The van der Waals surface area contributed by atoms with Crippen LogP contribution in [0.1, 0.15) is 48.4 Å². The van der Waals surface area contributed by atoms with E-state index in [-0.39, 0.29) is 12.1 Å². The standard InChI is InChI=1S/C22H25ClN2O/c23-20-12-18-14-25-11-10-17(18)13-21(20)26-19-8-6-16(7-9-19)22(24)15-4-2-1-3-5-15/h1-5,10-13,16,19,22,25H,6-9,14,24H2. The van der Waals surface area contributed by atoms with Crippen LogP contribution in [-0.2, 0) is 6.54 Å². The molecule has 1 atom stereocenters. The van der Waals surface area contributed by atoms with Crippen LogP contribution in [0.5, 0.6) is 5.75 Å². The molecule has 136 valence electrons. The Balaban J connectivity index is 1.38. The Morgan fingerprint density at radius 1 is 1.08 bits per heavy atom. The number of rotatable bonds is 4. The molecule has 2 aliphatic rings. The highest BCUT2D eigenvalue weighted by atomic mass is 35.5. The van der Waals surface area contributed by atoms with E-state index in [1.54, 1.807) is 0 Å². The maximum absolute atomic E-state index is 6.49. The van der Waals surface area contributed by atoms with E-state index >= 15 is 0 Å². The van der Waals surface area contributed by atoms with Crippen LogP contribution in [0.25, 0.3) is 6.08 Å². The Bertz CT molecular complexity index is 782. The molecule has 1 aliphatic carbocycles. The molecule has 1 saturated carbocycles. The predicted octanol–water partition coefficient (Wildman–Crippen LogP) is 5.05. The summed E-state index contributed by atoms with van der Waals surface area (Å²) in [4.78, 5) is 0. The molecule has 1 heterocycles. The van der Waals surface area contributed by atoms with Gasteiger partial charge < -0.3 is 15.8 Å². The lowest BCUT2D eigenvalue weighted by molar-refractivity contribution is 0.123. The van der Waals surface area contributed by atoms with E-state index in [4.69, 9.17) is 22.1 Å². The number of benzene rings is 2. The summed E-state index contributed by atoms with van der Waals surface area (Å²) in [6.07, 6.45) is 8.48. The average molecular weight is 369 g/mol. The Hall–Kier alpha value is -1.97. The zero-order valence-corrected chi connectivity index (χ0v) is 15.6. The molecule has 2 aromatic carbocycles. The molecule has 4 heteroatoms. The van der Waals surface area contributed by atoms with Crippen molar-refractivity contribution in [2.75, 3.05) is 0 Å². The second-order valence-corrected chi connectivity index (χ2v) is 7.69. The molecule has 0 aromatic heterocycles. The van der Waals surface area contributed by atoms with Crippen LogP contribution in [0.2, 0.25) is 5.02 Å². The van der Waals surface area contributed by atoms with Crippen LogP contribution >= 0.6 is 11.6 Å². The summed E-state index contributed by atoms with van der Waals surface area (Å²) in [5.74, 6) is 1.32. The second kappa shape index (κ2) is 7.73. The van der Waals surface area contributed by atoms with Gasteiger partial charge in [-0.1, -0.05) is 41.9 Å². The molecule has 4 rings (SSSR count). The van der Waals surface area contributed by atoms with Crippen LogP contribution in [0, 0.1) is 5.92 Å². The summed E-state index contributed by atoms with van der Waals surface area (Å²) in [5, 5.41) is 3.90. The summed E-state index contributed by atoms with van der Waals surface area (Å²) < 4.78 is 6.26.